The maximum absolute atomic E-state index is 13.0. The highest BCUT2D eigenvalue weighted by molar-refractivity contribution is 5.82. The van der Waals surface area contributed by atoms with E-state index >= 15 is 0 Å². The molecule has 2 nitrogen and oxygen atoms in total. The van der Waals surface area contributed by atoms with Crippen LogP contribution in [0, 0.1) is 5.82 Å². The Morgan fingerprint density at radius 3 is 2.64 bits per heavy atom. The van der Waals surface area contributed by atoms with Gasteiger partial charge in [0.05, 0.1) is 0 Å². The lowest BCUT2D eigenvalue weighted by Gasteiger charge is -2.07. The third kappa shape index (κ3) is 2.53. The molecule has 1 aliphatic rings. The normalized spacial score (nSPS) is 14.8. The molecule has 0 unspecified atom stereocenters. The molecule has 3 aromatic rings. The van der Waals surface area contributed by atoms with Gasteiger partial charge in [-0.2, -0.15) is 0 Å². The van der Waals surface area contributed by atoms with Gasteiger partial charge in [0.1, 0.15) is 5.82 Å². The highest BCUT2D eigenvalue weighted by Gasteiger charge is 2.11. The molecule has 0 saturated carbocycles. The van der Waals surface area contributed by atoms with Gasteiger partial charge in [0.15, 0.2) is 0 Å². The SMILES string of the molecule is Fc1ccc(Cc2ccc3c(c2)cc2n3CCNCC2)cc1. The first kappa shape index (κ1) is 13.5. The van der Waals surface area contributed by atoms with Gasteiger partial charge in [0, 0.05) is 42.7 Å². The first-order chi connectivity index (χ1) is 10.8. The molecule has 2 heterocycles. The summed E-state index contributed by atoms with van der Waals surface area (Å²) in [5, 5.41) is 4.76. The molecule has 0 radical (unpaired) electrons. The highest BCUT2D eigenvalue weighted by atomic mass is 19.1. The van der Waals surface area contributed by atoms with E-state index in [9.17, 15) is 4.39 Å². The first-order valence-corrected chi connectivity index (χ1v) is 7.86. The van der Waals surface area contributed by atoms with E-state index in [-0.39, 0.29) is 5.82 Å². The van der Waals surface area contributed by atoms with Crippen molar-refractivity contribution in [1.29, 1.82) is 0 Å². The van der Waals surface area contributed by atoms with Crippen LogP contribution in [0.2, 0.25) is 0 Å². The van der Waals surface area contributed by atoms with Crippen molar-refractivity contribution in [3.8, 4) is 0 Å². The van der Waals surface area contributed by atoms with Crippen LogP contribution in [-0.4, -0.2) is 17.7 Å². The minimum absolute atomic E-state index is 0.177. The van der Waals surface area contributed by atoms with Crippen molar-refractivity contribution in [3.63, 3.8) is 0 Å². The number of benzene rings is 2. The first-order valence-electron chi connectivity index (χ1n) is 7.86. The molecule has 0 aliphatic carbocycles. The number of aromatic nitrogens is 1. The molecular weight excluding hydrogens is 275 g/mol. The van der Waals surface area contributed by atoms with Crippen molar-refractivity contribution in [2.75, 3.05) is 13.1 Å². The topological polar surface area (TPSA) is 17.0 Å². The lowest BCUT2D eigenvalue weighted by Crippen LogP contribution is -2.17. The van der Waals surface area contributed by atoms with Crippen molar-refractivity contribution >= 4 is 10.9 Å². The van der Waals surface area contributed by atoms with Gasteiger partial charge in [-0.25, -0.2) is 4.39 Å². The third-order valence-electron chi connectivity index (χ3n) is 4.44. The van der Waals surface area contributed by atoms with Crippen LogP contribution in [0.5, 0.6) is 0 Å². The molecule has 0 spiro atoms. The van der Waals surface area contributed by atoms with E-state index in [2.05, 4.69) is 34.1 Å². The van der Waals surface area contributed by atoms with Crippen molar-refractivity contribution in [2.24, 2.45) is 0 Å². The van der Waals surface area contributed by atoms with Crippen LogP contribution in [0.4, 0.5) is 4.39 Å². The molecule has 0 bridgehead atoms. The second-order valence-corrected chi connectivity index (χ2v) is 5.98. The van der Waals surface area contributed by atoms with Gasteiger partial charge >= 0.3 is 0 Å². The molecule has 0 fully saturated rings. The monoisotopic (exact) mass is 294 g/mol. The molecule has 112 valence electrons. The zero-order valence-corrected chi connectivity index (χ0v) is 12.5. The summed E-state index contributed by atoms with van der Waals surface area (Å²) in [6, 6.07) is 15.8. The summed E-state index contributed by atoms with van der Waals surface area (Å²) < 4.78 is 15.4. The summed E-state index contributed by atoms with van der Waals surface area (Å²) >= 11 is 0. The summed E-state index contributed by atoms with van der Waals surface area (Å²) in [7, 11) is 0. The van der Waals surface area contributed by atoms with Gasteiger partial charge in [-0.1, -0.05) is 18.2 Å². The van der Waals surface area contributed by atoms with E-state index in [1.807, 2.05) is 12.1 Å². The van der Waals surface area contributed by atoms with Crippen molar-refractivity contribution in [2.45, 2.75) is 19.4 Å². The lowest BCUT2D eigenvalue weighted by atomic mass is 10.0. The molecular formula is C19H19FN2. The van der Waals surface area contributed by atoms with Gasteiger partial charge in [0.2, 0.25) is 0 Å². The van der Waals surface area contributed by atoms with Gasteiger partial charge in [-0.15, -0.1) is 0 Å². The Labute approximate surface area is 129 Å². The fourth-order valence-electron chi connectivity index (χ4n) is 3.33. The van der Waals surface area contributed by atoms with E-state index in [0.717, 1.165) is 38.0 Å². The van der Waals surface area contributed by atoms with Crippen LogP contribution in [0.3, 0.4) is 0 Å². The van der Waals surface area contributed by atoms with Crippen LogP contribution < -0.4 is 5.32 Å². The zero-order chi connectivity index (χ0) is 14.9. The number of nitrogens with zero attached hydrogens (tertiary/aromatic N) is 1. The molecule has 0 atom stereocenters. The Balaban J connectivity index is 1.67. The number of fused-ring (bicyclic) bond motifs is 3. The van der Waals surface area contributed by atoms with Crippen LogP contribution in [0.25, 0.3) is 10.9 Å². The second-order valence-electron chi connectivity index (χ2n) is 5.98. The number of hydrogen-bond acceptors (Lipinski definition) is 1. The maximum atomic E-state index is 13.0. The van der Waals surface area contributed by atoms with E-state index < -0.39 is 0 Å². The summed E-state index contributed by atoms with van der Waals surface area (Å²) in [5.74, 6) is -0.177. The van der Waals surface area contributed by atoms with Crippen LogP contribution in [-0.2, 0) is 19.4 Å². The maximum Gasteiger partial charge on any atom is 0.123 e. The van der Waals surface area contributed by atoms with E-state index in [0.29, 0.717) is 0 Å². The number of hydrogen-bond donors (Lipinski definition) is 1. The highest BCUT2D eigenvalue weighted by Crippen LogP contribution is 2.24. The molecule has 2 aromatic carbocycles. The van der Waals surface area contributed by atoms with Crippen LogP contribution >= 0.6 is 0 Å². The largest absolute Gasteiger partial charge is 0.343 e. The van der Waals surface area contributed by atoms with Crippen LogP contribution in [0.1, 0.15) is 16.8 Å². The summed E-state index contributed by atoms with van der Waals surface area (Å²) in [6.45, 7) is 3.13. The molecule has 22 heavy (non-hydrogen) atoms. The number of halogens is 1. The third-order valence-corrected chi connectivity index (χ3v) is 4.44. The van der Waals surface area contributed by atoms with Gasteiger partial charge < -0.3 is 9.88 Å². The Bertz CT molecular complexity index is 802. The standard InChI is InChI=1S/C19H19FN2/c20-17-4-1-14(2-5-17)11-15-3-6-19-16(12-15)13-18-7-8-21-9-10-22(18)19/h1-6,12-13,21H,7-11H2. The van der Waals surface area contributed by atoms with Crippen molar-refractivity contribution in [3.05, 3.63) is 71.2 Å². The lowest BCUT2D eigenvalue weighted by molar-refractivity contribution is 0.627. The number of nitrogens with one attached hydrogen (secondary N) is 1. The zero-order valence-electron chi connectivity index (χ0n) is 12.5. The van der Waals surface area contributed by atoms with Crippen molar-refractivity contribution < 1.29 is 4.39 Å². The summed E-state index contributed by atoms with van der Waals surface area (Å²) in [5.41, 5.74) is 5.16. The molecule has 0 saturated heterocycles. The van der Waals surface area contributed by atoms with Crippen molar-refractivity contribution in [1.82, 2.24) is 9.88 Å². The predicted molar refractivity (Wildman–Crippen MR) is 87.7 cm³/mol. The second kappa shape index (κ2) is 5.58. The predicted octanol–water partition coefficient (Wildman–Crippen LogP) is 3.52. The quantitative estimate of drug-likeness (QED) is 0.765. The Hall–Kier alpha value is -2.13. The molecule has 3 heteroatoms. The molecule has 1 aromatic heterocycles. The minimum Gasteiger partial charge on any atom is -0.343 e. The fourth-order valence-corrected chi connectivity index (χ4v) is 3.33. The van der Waals surface area contributed by atoms with Gasteiger partial charge in [0.25, 0.3) is 0 Å². The number of rotatable bonds is 2. The average Bonchev–Trinajstić information content (AvgIpc) is 2.70. The summed E-state index contributed by atoms with van der Waals surface area (Å²) in [6.07, 6.45) is 1.93. The molecule has 4 rings (SSSR count). The fraction of sp³-hybridized carbons (Fsp3) is 0.263. The minimum atomic E-state index is -0.177. The average molecular weight is 294 g/mol. The van der Waals surface area contributed by atoms with Crippen LogP contribution in [0.15, 0.2) is 48.5 Å². The van der Waals surface area contributed by atoms with Gasteiger partial charge in [-0.05, 0) is 47.9 Å². The molecule has 0 amide bonds. The molecule has 1 N–H and O–H groups in total. The smallest absolute Gasteiger partial charge is 0.123 e. The molecule has 1 aliphatic heterocycles. The Morgan fingerprint density at radius 1 is 0.955 bits per heavy atom. The summed E-state index contributed by atoms with van der Waals surface area (Å²) in [4.78, 5) is 0. The Morgan fingerprint density at radius 2 is 1.77 bits per heavy atom. The Kier molecular flexibility index (Phi) is 3.43. The van der Waals surface area contributed by atoms with E-state index in [1.165, 1.54) is 34.3 Å². The van der Waals surface area contributed by atoms with E-state index in [1.54, 1.807) is 0 Å². The van der Waals surface area contributed by atoms with Gasteiger partial charge in [-0.3, -0.25) is 0 Å². The van der Waals surface area contributed by atoms with E-state index in [4.69, 9.17) is 0 Å².